The molecular weight excluding hydrogens is 272 g/mol. The Morgan fingerprint density at radius 3 is 2.59 bits per heavy atom. The summed E-state index contributed by atoms with van der Waals surface area (Å²) in [5.41, 5.74) is 10.6. The summed E-state index contributed by atoms with van der Waals surface area (Å²) < 4.78 is 0. The zero-order valence-corrected chi connectivity index (χ0v) is 11.8. The number of fused-ring (bicyclic) bond motifs is 1. The highest BCUT2D eigenvalue weighted by atomic mass is 14.9. The molecule has 4 aromatic rings. The molecule has 0 fully saturated rings. The van der Waals surface area contributed by atoms with E-state index < -0.39 is 0 Å². The highest BCUT2D eigenvalue weighted by molar-refractivity contribution is 5.87. The number of nitrogens with two attached hydrogens (primary N) is 1. The van der Waals surface area contributed by atoms with Crippen LogP contribution in [0.2, 0.25) is 0 Å². The molecule has 0 unspecified atom stereocenters. The number of aromatic nitrogens is 3. The van der Waals surface area contributed by atoms with Crippen molar-refractivity contribution in [3.05, 3.63) is 67.0 Å². The molecule has 106 valence electrons. The lowest BCUT2D eigenvalue weighted by Gasteiger charge is -2.09. The van der Waals surface area contributed by atoms with Gasteiger partial charge in [-0.15, -0.1) is 0 Å². The molecule has 0 saturated heterocycles. The topological polar surface area (TPSA) is 67.6 Å². The highest BCUT2D eigenvalue weighted by Gasteiger charge is 2.12. The normalized spacial score (nSPS) is 10.9. The summed E-state index contributed by atoms with van der Waals surface area (Å²) in [6.07, 6.45) is 3.53. The third kappa shape index (κ3) is 2.11. The van der Waals surface area contributed by atoms with Crippen LogP contribution in [-0.2, 0) is 0 Å². The monoisotopic (exact) mass is 286 g/mol. The fourth-order valence-corrected chi connectivity index (χ4v) is 2.61. The van der Waals surface area contributed by atoms with Crippen LogP contribution in [0.4, 0.5) is 5.82 Å². The number of aromatic amines is 1. The van der Waals surface area contributed by atoms with E-state index in [9.17, 15) is 0 Å². The van der Waals surface area contributed by atoms with Crippen molar-refractivity contribution in [1.29, 1.82) is 0 Å². The van der Waals surface area contributed by atoms with Crippen molar-refractivity contribution in [2.45, 2.75) is 0 Å². The summed E-state index contributed by atoms with van der Waals surface area (Å²) in [5, 5.41) is 1.15. The van der Waals surface area contributed by atoms with E-state index in [4.69, 9.17) is 5.73 Å². The second kappa shape index (κ2) is 5.00. The molecule has 0 amide bonds. The van der Waals surface area contributed by atoms with E-state index >= 15 is 0 Å². The largest absolute Gasteiger partial charge is 0.382 e. The molecule has 0 aliphatic rings. The van der Waals surface area contributed by atoms with Crippen molar-refractivity contribution in [3.63, 3.8) is 0 Å². The summed E-state index contributed by atoms with van der Waals surface area (Å²) in [5.74, 6) is 0.422. The lowest BCUT2D eigenvalue weighted by molar-refractivity contribution is 1.22. The Bertz CT molecular complexity index is 942. The number of nitrogens with one attached hydrogen (secondary N) is 1. The molecule has 4 rings (SSSR count). The lowest BCUT2D eigenvalue weighted by Crippen LogP contribution is -1.98. The van der Waals surface area contributed by atoms with Gasteiger partial charge in [0.25, 0.3) is 0 Å². The predicted molar refractivity (Wildman–Crippen MR) is 89.2 cm³/mol. The van der Waals surface area contributed by atoms with Crippen molar-refractivity contribution in [2.75, 3.05) is 5.73 Å². The van der Waals surface area contributed by atoms with Crippen LogP contribution in [0.25, 0.3) is 33.4 Å². The summed E-state index contributed by atoms with van der Waals surface area (Å²) in [6, 6.07) is 18.2. The second-order valence-corrected chi connectivity index (χ2v) is 5.14. The minimum absolute atomic E-state index is 0.422. The Hall–Kier alpha value is -3.14. The van der Waals surface area contributed by atoms with Crippen LogP contribution in [0, 0.1) is 0 Å². The second-order valence-electron chi connectivity index (χ2n) is 5.14. The van der Waals surface area contributed by atoms with E-state index in [1.807, 2.05) is 48.7 Å². The first-order chi connectivity index (χ1) is 10.8. The average molecular weight is 286 g/mol. The molecule has 0 radical (unpaired) electrons. The minimum atomic E-state index is 0.422. The molecule has 4 heteroatoms. The molecule has 0 bridgehead atoms. The molecule has 2 aromatic heterocycles. The van der Waals surface area contributed by atoms with Crippen LogP contribution in [0.1, 0.15) is 0 Å². The standard InChI is InChI=1S/C18H14N4/c19-16-11-21-17(18(22-16)12-4-2-1-3-5-12)14-6-7-15-13(10-14)8-9-20-15/h1-11,20H,(H2,19,22). The molecule has 0 aliphatic heterocycles. The van der Waals surface area contributed by atoms with Gasteiger partial charge in [-0.05, 0) is 18.2 Å². The summed E-state index contributed by atoms with van der Waals surface area (Å²) in [7, 11) is 0. The van der Waals surface area contributed by atoms with E-state index in [0.717, 1.165) is 33.4 Å². The van der Waals surface area contributed by atoms with Gasteiger partial charge in [-0.2, -0.15) is 0 Å². The van der Waals surface area contributed by atoms with Crippen LogP contribution >= 0.6 is 0 Å². The number of anilines is 1. The van der Waals surface area contributed by atoms with Crippen LogP contribution < -0.4 is 5.73 Å². The number of benzene rings is 2. The molecule has 0 aliphatic carbocycles. The summed E-state index contributed by atoms with van der Waals surface area (Å²) in [4.78, 5) is 12.2. The average Bonchev–Trinajstić information content (AvgIpc) is 3.03. The highest BCUT2D eigenvalue weighted by Crippen LogP contribution is 2.30. The lowest BCUT2D eigenvalue weighted by atomic mass is 10.0. The van der Waals surface area contributed by atoms with E-state index in [2.05, 4.69) is 27.1 Å². The smallest absolute Gasteiger partial charge is 0.142 e. The molecule has 0 saturated carbocycles. The minimum Gasteiger partial charge on any atom is -0.382 e. The van der Waals surface area contributed by atoms with Crippen LogP contribution in [0.15, 0.2) is 67.0 Å². The number of rotatable bonds is 2. The van der Waals surface area contributed by atoms with Crippen molar-refractivity contribution < 1.29 is 0 Å². The maximum atomic E-state index is 5.84. The zero-order valence-electron chi connectivity index (χ0n) is 11.8. The van der Waals surface area contributed by atoms with Crippen LogP contribution in [0.5, 0.6) is 0 Å². The quantitative estimate of drug-likeness (QED) is 0.587. The molecule has 0 spiro atoms. The van der Waals surface area contributed by atoms with Gasteiger partial charge in [-0.25, -0.2) is 4.98 Å². The Morgan fingerprint density at radius 2 is 1.73 bits per heavy atom. The molecule has 3 N–H and O–H groups in total. The maximum absolute atomic E-state index is 5.84. The van der Waals surface area contributed by atoms with Crippen LogP contribution in [0.3, 0.4) is 0 Å². The zero-order chi connectivity index (χ0) is 14.9. The molecular formula is C18H14N4. The summed E-state index contributed by atoms with van der Waals surface area (Å²) in [6.45, 7) is 0. The molecule has 22 heavy (non-hydrogen) atoms. The van der Waals surface area contributed by atoms with Gasteiger partial charge in [0.2, 0.25) is 0 Å². The SMILES string of the molecule is Nc1cnc(-c2ccc3[nH]ccc3c2)c(-c2ccccc2)n1. The van der Waals surface area contributed by atoms with E-state index in [0.29, 0.717) is 5.82 Å². The Balaban J connectivity index is 1.94. The number of nitrogen functional groups attached to an aromatic ring is 1. The fourth-order valence-electron chi connectivity index (χ4n) is 2.61. The maximum Gasteiger partial charge on any atom is 0.142 e. The Morgan fingerprint density at radius 1 is 0.864 bits per heavy atom. The Labute approximate surface area is 127 Å². The van der Waals surface area contributed by atoms with Crippen molar-refractivity contribution in [2.24, 2.45) is 0 Å². The summed E-state index contributed by atoms with van der Waals surface area (Å²) >= 11 is 0. The van der Waals surface area contributed by atoms with Gasteiger partial charge in [-0.1, -0.05) is 36.4 Å². The number of nitrogens with zero attached hydrogens (tertiary/aromatic N) is 2. The number of hydrogen-bond donors (Lipinski definition) is 2. The number of hydrogen-bond acceptors (Lipinski definition) is 3. The van der Waals surface area contributed by atoms with Crippen molar-refractivity contribution >= 4 is 16.7 Å². The third-order valence-corrected chi connectivity index (χ3v) is 3.67. The Kier molecular flexibility index (Phi) is 2.86. The van der Waals surface area contributed by atoms with Gasteiger partial charge in [0.05, 0.1) is 17.6 Å². The first-order valence-electron chi connectivity index (χ1n) is 7.07. The van der Waals surface area contributed by atoms with Gasteiger partial charge in [0.15, 0.2) is 0 Å². The molecule has 0 atom stereocenters. The van der Waals surface area contributed by atoms with Gasteiger partial charge in [0.1, 0.15) is 5.82 Å². The van der Waals surface area contributed by atoms with Gasteiger partial charge in [0, 0.05) is 28.2 Å². The van der Waals surface area contributed by atoms with E-state index in [1.54, 1.807) is 6.20 Å². The molecule has 2 aromatic carbocycles. The van der Waals surface area contributed by atoms with Crippen LogP contribution in [-0.4, -0.2) is 15.0 Å². The van der Waals surface area contributed by atoms with E-state index in [1.165, 1.54) is 0 Å². The number of H-pyrrole nitrogens is 1. The van der Waals surface area contributed by atoms with E-state index in [-0.39, 0.29) is 0 Å². The fraction of sp³-hybridized carbons (Fsp3) is 0. The third-order valence-electron chi connectivity index (χ3n) is 3.67. The first-order valence-corrected chi connectivity index (χ1v) is 7.07. The van der Waals surface area contributed by atoms with Crippen molar-refractivity contribution in [3.8, 4) is 22.5 Å². The predicted octanol–water partition coefficient (Wildman–Crippen LogP) is 3.87. The molecule has 4 nitrogen and oxygen atoms in total. The first kappa shape index (κ1) is 12.6. The van der Waals surface area contributed by atoms with Gasteiger partial charge in [-0.3, -0.25) is 4.98 Å². The molecule has 2 heterocycles. The van der Waals surface area contributed by atoms with Gasteiger partial charge < -0.3 is 10.7 Å². The van der Waals surface area contributed by atoms with Gasteiger partial charge >= 0.3 is 0 Å². The van der Waals surface area contributed by atoms with Crippen molar-refractivity contribution in [1.82, 2.24) is 15.0 Å².